The highest BCUT2D eigenvalue weighted by Gasteiger charge is 2.09. The van der Waals surface area contributed by atoms with Crippen LogP contribution in [-0.4, -0.2) is 25.7 Å². The lowest BCUT2D eigenvalue weighted by atomic mass is 10.4. The fraction of sp³-hybridized carbons (Fsp3) is 0.444. The van der Waals surface area contributed by atoms with Crippen LogP contribution in [0.5, 0.6) is 0 Å². The first-order chi connectivity index (χ1) is 6.63. The normalized spacial score (nSPS) is 12.5. The molecule has 0 fully saturated rings. The quantitative estimate of drug-likeness (QED) is 0.866. The van der Waals surface area contributed by atoms with E-state index in [1.54, 1.807) is 19.2 Å². The van der Waals surface area contributed by atoms with Gasteiger partial charge in [0.05, 0.1) is 15.3 Å². The van der Waals surface area contributed by atoms with Gasteiger partial charge >= 0.3 is 0 Å². The monoisotopic (exact) mass is 233 g/mol. The first kappa shape index (κ1) is 11.5. The van der Waals surface area contributed by atoms with E-state index in [2.05, 4.69) is 5.32 Å². The van der Waals surface area contributed by atoms with E-state index >= 15 is 0 Å². The maximum absolute atomic E-state index is 11.5. The number of carbonyl (C=O) groups is 1. The molecule has 0 aliphatic carbocycles. The summed E-state index contributed by atoms with van der Waals surface area (Å²) in [6, 6.07) is 3.42. The van der Waals surface area contributed by atoms with Crippen LogP contribution in [-0.2, 0) is 4.74 Å². The molecule has 0 saturated heterocycles. The number of hydrogen-bond donors (Lipinski definition) is 1. The average Bonchev–Trinajstić information content (AvgIpc) is 2.60. The van der Waals surface area contributed by atoms with Crippen molar-refractivity contribution in [3.63, 3.8) is 0 Å². The van der Waals surface area contributed by atoms with Crippen molar-refractivity contribution in [1.82, 2.24) is 5.32 Å². The second-order valence-corrected chi connectivity index (χ2v) is 4.58. The topological polar surface area (TPSA) is 38.3 Å². The molecule has 1 amide bonds. The maximum Gasteiger partial charge on any atom is 0.261 e. The Balaban J connectivity index is 2.43. The summed E-state index contributed by atoms with van der Waals surface area (Å²) >= 11 is 6.98. The van der Waals surface area contributed by atoms with Crippen molar-refractivity contribution in [2.24, 2.45) is 0 Å². The lowest BCUT2D eigenvalue weighted by molar-refractivity contribution is 0.0874. The Kier molecular flexibility index (Phi) is 4.38. The number of hydrogen-bond acceptors (Lipinski definition) is 3. The van der Waals surface area contributed by atoms with Gasteiger partial charge in [0.1, 0.15) is 0 Å². The van der Waals surface area contributed by atoms with Crippen LogP contribution in [0.3, 0.4) is 0 Å². The van der Waals surface area contributed by atoms with Gasteiger partial charge in [0.2, 0.25) is 0 Å². The molecule has 0 radical (unpaired) electrons. The fourth-order valence-electron chi connectivity index (χ4n) is 0.843. The van der Waals surface area contributed by atoms with Gasteiger partial charge in [-0.15, -0.1) is 11.3 Å². The number of carbonyl (C=O) groups excluding carboxylic acids is 1. The molecule has 78 valence electrons. The molecule has 0 bridgehead atoms. The predicted molar refractivity (Wildman–Crippen MR) is 58.1 cm³/mol. The third-order valence-corrected chi connectivity index (χ3v) is 2.98. The molecule has 1 aromatic rings. The van der Waals surface area contributed by atoms with Crippen molar-refractivity contribution < 1.29 is 9.53 Å². The van der Waals surface area contributed by atoms with Gasteiger partial charge in [0.25, 0.3) is 5.91 Å². The average molecular weight is 234 g/mol. The van der Waals surface area contributed by atoms with Crippen molar-refractivity contribution in [3.05, 3.63) is 21.3 Å². The second-order valence-electron chi connectivity index (χ2n) is 2.86. The van der Waals surface area contributed by atoms with Gasteiger partial charge < -0.3 is 10.1 Å². The second kappa shape index (κ2) is 5.34. The maximum atomic E-state index is 11.5. The SMILES string of the molecule is COC(C)CNC(=O)c1ccc(Cl)s1. The number of amides is 1. The third kappa shape index (κ3) is 3.29. The van der Waals surface area contributed by atoms with Crippen LogP contribution in [0.2, 0.25) is 4.34 Å². The smallest absolute Gasteiger partial charge is 0.261 e. The summed E-state index contributed by atoms with van der Waals surface area (Å²) in [7, 11) is 1.61. The molecule has 1 heterocycles. The fourth-order valence-corrected chi connectivity index (χ4v) is 1.80. The molecule has 1 atom stereocenters. The molecule has 0 aliphatic rings. The summed E-state index contributed by atoms with van der Waals surface area (Å²) in [6.07, 6.45) is 0.0226. The summed E-state index contributed by atoms with van der Waals surface area (Å²) in [5.41, 5.74) is 0. The minimum Gasteiger partial charge on any atom is -0.380 e. The van der Waals surface area contributed by atoms with Crippen molar-refractivity contribution in [2.45, 2.75) is 13.0 Å². The summed E-state index contributed by atoms with van der Waals surface area (Å²) < 4.78 is 5.62. The Morgan fingerprint density at radius 1 is 1.71 bits per heavy atom. The Morgan fingerprint density at radius 2 is 2.43 bits per heavy atom. The van der Waals surface area contributed by atoms with E-state index in [9.17, 15) is 4.79 Å². The number of thiophene rings is 1. The van der Waals surface area contributed by atoms with Crippen LogP contribution in [0.1, 0.15) is 16.6 Å². The largest absolute Gasteiger partial charge is 0.380 e. The molecule has 0 spiro atoms. The van der Waals surface area contributed by atoms with E-state index < -0.39 is 0 Å². The van der Waals surface area contributed by atoms with Gasteiger partial charge in [-0.2, -0.15) is 0 Å². The Hall–Kier alpha value is -0.580. The van der Waals surface area contributed by atoms with E-state index in [0.29, 0.717) is 15.8 Å². The summed E-state index contributed by atoms with van der Waals surface area (Å²) in [4.78, 5) is 12.1. The number of ether oxygens (including phenoxy) is 1. The molecule has 1 N–H and O–H groups in total. The summed E-state index contributed by atoms with van der Waals surface area (Å²) in [6.45, 7) is 2.40. The standard InChI is InChI=1S/C9H12ClNO2S/c1-6(13-2)5-11-9(12)7-3-4-8(10)14-7/h3-4,6H,5H2,1-2H3,(H,11,12). The molecular formula is C9H12ClNO2S. The molecule has 1 unspecified atom stereocenters. The number of nitrogens with one attached hydrogen (secondary N) is 1. The lowest BCUT2D eigenvalue weighted by Gasteiger charge is -2.09. The number of rotatable bonds is 4. The number of halogens is 1. The Labute approximate surface area is 92.0 Å². The van der Waals surface area contributed by atoms with Crippen LogP contribution in [0.25, 0.3) is 0 Å². The van der Waals surface area contributed by atoms with Gasteiger partial charge in [0, 0.05) is 13.7 Å². The van der Waals surface area contributed by atoms with E-state index in [0.717, 1.165) is 0 Å². The van der Waals surface area contributed by atoms with Crippen LogP contribution >= 0.6 is 22.9 Å². The van der Waals surface area contributed by atoms with Gasteiger partial charge in [-0.25, -0.2) is 0 Å². The van der Waals surface area contributed by atoms with E-state index in [-0.39, 0.29) is 12.0 Å². The molecule has 0 saturated carbocycles. The third-order valence-electron chi connectivity index (χ3n) is 1.75. The number of methoxy groups -OCH3 is 1. The zero-order chi connectivity index (χ0) is 10.6. The van der Waals surface area contributed by atoms with Crippen LogP contribution in [0.4, 0.5) is 0 Å². The van der Waals surface area contributed by atoms with Crippen LogP contribution in [0.15, 0.2) is 12.1 Å². The molecule has 0 aliphatic heterocycles. The van der Waals surface area contributed by atoms with Crippen molar-refractivity contribution in [3.8, 4) is 0 Å². The summed E-state index contributed by atoms with van der Waals surface area (Å²) in [5.74, 6) is -0.106. The summed E-state index contributed by atoms with van der Waals surface area (Å²) in [5, 5.41) is 2.75. The highest BCUT2D eigenvalue weighted by molar-refractivity contribution is 7.17. The highest BCUT2D eigenvalue weighted by atomic mass is 35.5. The van der Waals surface area contributed by atoms with E-state index in [1.165, 1.54) is 11.3 Å². The molecule has 0 aromatic carbocycles. The highest BCUT2D eigenvalue weighted by Crippen LogP contribution is 2.20. The molecule has 1 aromatic heterocycles. The minimum atomic E-state index is -0.106. The predicted octanol–water partition coefficient (Wildman–Crippen LogP) is 2.17. The first-order valence-electron chi connectivity index (χ1n) is 4.20. The van der Waals surface area contributed by atoms with Crippen LogP contribution < -0.4 is 5.32 Å². The van der Waals surface area contributed by atoms with Gasteiger partial charge in [0.15, 0.2) is 0 Å². The van der Waals surface area contributed by atoms with Gasteiger partial charge in [-0.05, 0) is 19.1 Å². The minimum absolute atomic E-state index is 0.0226. The van der Waals surface area contributed by atoms with Gasteiger partial charge in [-0.1, -0.05) is 11.6 Å². The zero-order valence-electron chi connectivity index (χ0n) is 8.04. The Morgan fingerprint density at radius 3 is 2.93 bits per heavy atom. The molecule has 5 heteroatoms. The van der Waals surface area contributed by atoms with Gasteiger partial charge in [-0.3, -0.25) is 4.79 Å². The molecular weight excluding hydrogens is 222 g/mol. The van der Waals surface area contributed by atoms with E-state index in [4.69, 9.17) is 16.3 Å². The molecule has 3 nitrogen and oxygen atoms in total. The molecule has 1 rings (SSSR count). The van der Waals surface area contributed by atoms with Crippen molar-refractivity contribution >= 4 is 28.8 Å². The zero-order valence-corrected chi connectivity index (χ0v) is 9.61. The Bertz CT molecular complexity index is 314. The van der Waals surface area contributed by atoms with E-state index in [1.807, 2.05) is 6.92 Å². The first-order valence-corrected chi connectivity index (χ1v) is 5.39. The van der Waals surface area contributed by atoms with Crippen molar-refractivity contribution in [1.29, 1.82) is 0 Å². The van der Waals surface area contributed by atoms with Crippen LogP contribution in [0, 0.1) is 0 Å². The lowest BCUT2D eigenvalue weighted by Crippen LogP contribution is -2.30. The van der Waals surface area contributed by atoms with Crippen molar-refractivity contribution in [2.75, 3.05) is 13.7 Å². The molecule has 14 heavy (non-hydrogen) atoms.